The Hall–Kier alpha value is -2.20. The van der Waals surface area contributed by atoms with Gasteiger partial charge in [0.1, 0.15) is 5.88 Å². The number of carbonyl (C=O) groups is 1. The van der Waals surface area contributed by atoms with Crippen molar-refractivity contribution in [2.24, 2.45) is 10.2 Å². The lowest BCUT2D eigenvalue weighted by Crippen LogP contribution is -2.12. The van der Waals surface area contributed by atoms with E-state index in [-0.39, 0.29) is 11.8 Å². The molecule has 0 saturated heterocycles. The third-order valence-electron chi connectivity index (χ3n) is 2.88. The zero-order valence-corrected chi connectivity index (χ0v) is 12.7. The summed E-state index contributed by atoms with van der Waals surface area (Å²) < 4.78 is 0. The van der Waals surface area contributed by atoms with E-state index in [0.717, 1.165) is 22.5 Å². The van der Waals surface area contributed by atoms with Gasteiger partial charge in [0.25, 0.3) is 0 Å². The van der Waals surface area contributed by atoms with Crippen LogP contribution in [0, 0.1) is 13.8 Å². The summed E-state index contributed by atoms with van der Waals surface area (Å²) in [6.45, 7) is 3.93. The highest BCUT2D eigenvalue weighted by Crippen LogP contribution is 2.25. The zero-order valence-electron chi connectivity index (χ0n) is 11.9. The largest absolute Gasteiger partial charge is 0.325 e. The molecule has 1 N–H and O–H groups in total. The number of amides is 1. The van der Waals surface area contributed by atoms with Gasteiger partial charge in [-0.2, -0.15) is 10.2 Å². The summed E-state index contributed by atoms with van der Waals surface area (Å²) in [5.41, 5.74) is 4.35. The molecule has 108 valence electrons. The number of aryl methyl sites for hydroxylation is 2. The van der Waals surface area contributed by atoms with Gasteiger partial charge in [-0.3, -0.25) is 4.79 Å². The summed E-state index contributed by atoms with van der Waals surface area (Å²) in [4.78, 5) is 11.2. The third kappa shape index (κ3) is 4.39. The first-order valence-corrected chi connectivity index (χ1v) is 7.07. The van der Waals surface area contributed by atoms with Gasteiger partial charge in [0.2, 0.25) is 5.91 Å². The van der Waals surface area contributed by atoms with E-state index < -0.39 is 0 Å². The fourth-order valence-electron chi connectivity index (χ4n) is 1.84. The molecule has 0 aliphatic heterocycles. The molecular weight excluding hydrogens is 286 g/mol. The molecule has 0 aromatic heterocycles. The van der Waals surface area contributed by atoms with Crippen molar-refractivity contribution in [3.8, 4) is 0 Å². The fraction of sp³-hybridized carbons (Fsp3) is 0.188. The van der Waals surface area contributed by atoms with Gasteiger partial charge in [-0.25, -0.2) is 0 Å². The van der Waals surface area contributed by atoms with Gasteiger partial charge >= 0.3 is 0 Å². The lowest BCUT2D eigenvalue weighted by atomic mass is 10.2. The lowest BCUT2D eigenvalue weighted by molar-refractivity contribution is -0.113. The first kappa shape index (κ1) is 15.2. The number of anilines is 1. The summed E-state index contributed by atoms with van der Waals surface area (Å²) in [6, 6.07) is 13.3. The lowest BCUT2D eigenvalue weighted by Gasteiger charge is -2.05. The molecule has 0 fully saturated rings. The van der Waals surface area contributed by atoms with E-state index in [0.29, 0.717) is 5.69 Å². The van der Waals surface area contributed by atoms with Gasteiger partial charge in [-0.15, -0.1) is 11.6 Å². The van der Waals surface area contributed by atoms with Crippen LogP contribution in [0.25, 0.3) is 0 Å². The Labute approximate surface area is 128 Å². The van der Waals surface area contributed by atoms with Crippen molar-refractivity contribution in [3.05, 3.63) is 53.6 Å². The molecule has 2 aromatic rings. The molecule has 0 radical (unpaired) electrons. The molecule has 0 atom stereocenters. The average molecular weight is 302 g/mol. The first-order chi connectivity index (χ1) is 10.1. The van der Waals surface area contributed by atoms with Crippen LogP contribution in [-0.2, 0) is 4.79 Å². The van der Waals surface area contributed by atoms with Crippen molar-refractivity contribution >= 4 is 34.6 Å². The van der Waals surface area contributed by atoms with Crippen LogP contribution in [0.2, 0.25) is 0 Å². The molecule has 0 spiro atoms. The Morgan fingerprint density at radius 3 is 2.62 bits per heavy atom. The van der Waals surface area contributed by atoms with Crippen LogP contribution in [0.3, 0.4) is 0 Å². The smallest absolute Gasteiger partial charge is 0.239 e. The molecule has 2 aromatic carbocycles. The molecule has 2 rings (SSSR count). The van der Waals surface area contributed by atoms with Crippen LogP contribution < -0.4 is 5.32 Å². The van der Waals surface area contributed by atoms with Crippen LogP contribution in [0.15, 0.2) is 52.7 Å². The van der Waals surface area contributed by atoms with Crippen LogP contribution >= 0.6 is 11.6 Å². The van der Waals surface area contributed by atoms with Crippen LogP contribution in [-0.4, -0.2) is 11.8 Å². The van der Waals surface area contributed by atoms with Crippen molar-refractivity contribution in [2.45, 2.75) is 13.8 Å². The van der Waals surface area contributed by atoms with Gasteiger partial charge in [0.15, 0.2) is 0 Å². The highest BCUT2D eigenvalue weighted by atomic mass is 35.5. The SMILES string of the molecule is Cc1cccc(N=Nc2ccc(NC(=O)CCl)cc2C)c1. The number of carbonyl (C=O) groups excluding carboxylic acids is 1. The molecule has 5 heteroatoms. The van der Waals surface area contributed by atoms with Gasteiger partial charge < -0.3 is 5.32 Å². The number of hydrogen-bond acceptors (Lipinski definition) is 3. The molecule has 0 aliphatic carbocycles. The summed E-state index contributed by atoms with van der Waals surface area (Å²) in [5, 5.41) is 11.2. The van der Waals surface area contributed by atoms with E-state index >= 15 is 0 Å². The van der Waals surface area contributed by atoms with E-state index in [1.807, 2.05) is 50.2 Å². The predicted molar refractivity (Wildman–Crippen MR) is 85.9 cm³/mol. The van der Waals surface area contributed by atoms with Gasteiger partial charge in [-0.1, -0.05) is 12.1 Å². The van der Waals surface area contributed by atoms with E-state index in [1.165, 1.54) is 0 Å². The molecule has 0 unspecified atom stereocenters. The zero-order chi connectivity index (χ0) is 15.2. The number of azo groups is 1. The Bertz CT molecular complexity index is 683. The molecule has 4 nitrogen and oxygen atoms in total. The second kappa shape index (κ2) is 6.99. The van der Waals surface area contributed by atoms with Crippen molar-refractivity contribution in [1.29, 1.82) is 0 Å². The van der Waals surface area contributed by atoms with Crippen molar-refractivity contribution in [3.63, 3.8) is 0 Å². The minimum Gasteiger partial charge on any atom is -0.325 e. The second-order valence-electron chi connectivity index (χ2n) is 4.72. The summed E-state index contributed by atoms with van der Waals surface area (Å²) in [6.07, 6.45) is 0. The van der Waals surface area contributed by atoms with E-state index in [1.54, 1.807) is 6.07 Å². The van der Waals surface area contributed by atoms with Gasteiger partial charge in [-0.05, 0) is 55.3 Å². The molecule has 1 amide bonds. The predicted octanol–water partition coefficient (Wildman–Crippen LogP) is 4.90. The molecule has 0 bridgehead atoms. The minimum atomic E-state index is -0.231. The van der Waals surface area contributed by atoms with E-state index in [4.69, 9.17) is 11.6 Å². The topological polar surface area (TPSA) is 53.8 Å². The molecule has 0 saturated carbocycles. The second-order valence-corrected chi connectivity index (χ2v) is 4.99. The van der Waals surface area contributed by atoms with Gasteiger partial charge in [0.05, 0.1) is 11.4 Å². The number of nitrogens with zero attached hydrogens (tertiary/aromatic N) is 2. The number of alkyl halides is 1. The minimum absolute atomic E-state index is 0.0616. The number of rotatable bonds is 4. The van der Waals surface area contributed by atoms with Crippen molar-refractivity contribution in [2.75, 3.05) is 11.2 Å². The highest BCUT2D eigenvalue weighted by Gasteiger charge is 2.03. The monoisotopic (exact) mass is 301 g/mol. The fourth-order valence-corrected chi connectivity index (χ4v) is 1.91. The maximum atomic E-state index is 11.2. The number of benzene rings is 2. The first-order valence-electron chi connectivity index (χ1n) is 6.53. The van der Waals surface area contributed by atoms with E-state index in [2.05, 4.69) is 15.5 Å². The third-order valence-corrected chi connectivity index (χ3v) is 3.12. The molecular formula is C16H16ClN3O. The van der Waals surface area contributed by atoms with Gasteiger partial charge in [0, 0.05) is 5.69 Å². The number of hydrogen-bond donors (Lipinski definition) is 1. The van der Waals surface area contributed by atoms with Crippen LogP contribution in [0.4, 0.5) is 17.1 Å². The Morgan fingerprint density at radius 2 is 1.95 bits per heavy atom. The standard InChI is InChI=1S/C16H16ClN3O/c1-11-4-3-5-14(8-11)19-20-15-7-6-13(9-12(15)2)18-16(21)10-17/h3-9H,10H2,1-2H3,(H,18,21). The Morgan fingerprint density at radius 1 is 1.14 bits per heavy atom. The quantitative estimate of drug-likeness (QED) is 0.634. The van der Waals surface area contributed by atoms with Crippen molar-refractivity contribution in [1.82, 2.24) is 0 Å². The van der Waals surface area contributed by atoms with Crippen molar-refractivity contribution < 1.29 is 4.79 Å². The normalized spacial score (nSPS) is 10.8. The number of nitrogens with one attached hydrogen (secondary N) is 1. The maximum absolute atomic E-state index is 11.2. The Kier molecular flexibility index (Phi) is 5.06. The summed E-state index contributed by atoms with van der Waals surface area (Å²) in [5.74, 6) is -0.293. The highest BCUT2D eigenvalue weighted by molar-refractivity contribution is 6.29. The average Bonchev–Trinajstić information content (AvgIpc) is 2.46. The van der Waals surface area contributed by atoms with Crippen LogP contribution in [0.1, 0.15) is 11.1 Å². The summed E-state index contributed by atoms with van der Waals surface area (Å²) >= 11 is 5.46. The molecule has 0 heterocycles. The summed E-state index contributed by atoms with van der Waals surface area (Å²) in [7, 11) is 0. The molecule has 21 heavy (non-hydrogen) atoms. The molecule has 0 aliphatic rings. The maximum Gasteiger partial charge on any atom is 0.239 e. The Balaban J connectivity index is 2.16. The number of halogens is 1. The van der Waals surface area contributed by atoms with E-state index in [9.17, 15) is 4.79 Å². The van der Waals surface area contributed by atoms with Crippen LogP contribution in [0.5, 0.6) is 0 Å².